The van der Waals surface area contributed by atoms with Crippen molar-refractivity contribution in [2.75, 3.05) is 17.2 Å². The lowest BCUT2D eigenvalue weighted by Crippen LogP contribution is -2.10. The maximum Gasteiger partial charge on any atom is 0.286 e. The second-order valence-corrected chi connectivity index (χ2v) is 4.26. The number of anilines is 2. The van der Waals surface area contributed by atoms with Gasteiger partial charge in [-0.25, -0.2) is 0 Å². The molecule has 1 amide bonds. The Balaban J connectivity index is 1.97. The van der Waals surface area contributed by atoms with E-state index in [0.29, 0.717) is 15.8 Å². The number of aromatic nitrogens is 4. The van der Waals surface area contributed by atoms with Crippen LogP contribution >= 0.6 is 11.3 Å². The van der Waals surface area contributed by atoms with Crippen molar-refractivity contribution >= 4 is 28.1 Å². The summed E-state index contributed by atoms with van der Waals surface area (Å²) < 4.78 is 0. The number of nitrogens with zero attached hydrogens (tertiary/aromatic N) is 3. The number of H-pyrrole nitrogens is 1. The zero-order valence-electron chi connectivity index (χ0n) is 9.23. The van der Waals surface area contributed by atoms with Gasteiger partial charge < -0.3 is 10.6 Å². The fourth-order valence-electron chi connectivity index (χ4n) is 1.12. The SMILES string of the molecule is CCCNc1nnc(C(=O)Nc2cn[nH]c2)s1. The minimum atomic E-state index is -0.284. The molecule has 0 saturated carbocycles. The van der Waals surface area contributed by atoms with Crippen LogP contribution < -0.4 is 10.6 Å². The van der Waals surface area contributed by atoms with Crippen LogP contribution in [0.3, 0.4) is 0 Å². The van der Waals surface area contributed by atoms with E-state index in [1.54, 1.807) is 6.20 Å². The maximum atomic E-state index is 11.7. The summed E-state index contributed by atoms with van der Waals surface area (Å²) in [4.78, 5) is 11.7. The quantitative estimate of drug-likeness (QED) is 0.746. The molecule has 3 N–H and O–H groups in total. The van der Waals surface area contributed by atoms with Crippen molar-refractivity contribution in [3.63, 3.8) is 0 Å². The Morgan fingerprint density at radius 3 is 3.12 bits per heavy atom. The van der Waals surface area contributed by atoms with E-state index in [-0.39, 0.29) is 5.91 Å². The number of nitrogens with one attached hydrogen (secondary N) is 3. The molecule has 0 aliphatic carbocycles. The van der Waals surface area contributed by atoms with E-state index in [0.717, 1.165) is 13.0 Å². The molecule has 0 atom stereocenters. The molecular weight excluding hydrogens is 240 g/mol. The van der Waals surface area contributed by atoms with Crippen LogP contribution in [0.1, 0.15) is 23.1 Å². The summed E-state index contributed by atoms with van der Waals surface area (Å²) >= 11 is 1.23. The number of carbonyl (C=O) groups excluding carboxylic acids is 1. The minimum absolute atomic E-state index is 0.284. The van der Waals surface area contributed by atoms with Crippen molar-refractivity contribution in [3.05, 3.63) is 17.4 Å². The highest BCUT2D eigenvalue weighted by Gasteiger charge is 2.12. The zero-order valence-corrected chi connectivity index (χ0v) is 10.0. The van der Waals surface area contributed by atoms with E-state index < -0.39 is 0 Å². The van der Waals surface area contributed by atoms with E-state index in [1.165, 1.54) is 17.5 Å². The van der Waals surface area contributed by atoms with Gasteiger partial charge >= 0.3 is 0 Å². The minimum Gasteiger partial charge on any atom is -0.360 e. The van der Waals surface area contributed by atoms with Gasteiger partial charge in [-0.15, -0.1) is 10.2 Å². The molecule has 2 aromatic rings. The summed E-state index contributed by atoms with van der Waals surface area (Å²) in [7, 11) is 0. The van der Waals surface area contributed by atoms with Crippen LogP contribution in [-0.4, -0.2) is 32.8 Å². The Kier molecular flexibility index (Phi) is 3.66. The van der Waals surface area contributed by atoms with Crippen molar-refractivity contribution in [3.8, 4) is 0 Å². The van der Waals surface area contributed by atoms with Crippen LogP contribution in [0.4, 0.5) is 10.8 Å². The van der Waals surface area contributed by atoms with Gasteiger partial charge in [0.05, 0.1) is 11.9 Å². The lowest BCUT2D eigenvalue weighted by atomic mass is 10.5. The molecule has 2 rings (SSSR count). The summed E-state index contributed by atoms with van der Waals surface area (Å²) in [5.74, 6) is -0.284. The number of aromatic amines is 1. The first-order chi connectivity index (χ1) is 8.29. The Morgan fingerprint density at radius 2 is 2.41 bits per heavy atom. The Hall–Kier alpha value is -1.96. The topological polar surface area (TPSA) is 95.6 Å². The highest BCUT2D eigenvalue weighted by atomic mass is 32.1. The third-order valence-electron chi connectivity index (χ3n) is 1.90. The van der Waals surface area contributed by atoms with Gasteiger partial charge in [0.15, 0.2) is 0 Å². The molecule has 0 bridgehead atoms. The fourth-order valence-corrected chi connectivity index (χ4v) is 1.79. The van der Waals surface area contributed by atoms with Gasteiger partial charge in [-0.3, -0.25) is 9.89 Å². The zero-order chi connectivity index (χ0) is 12.1. The number of carbonyl (C=O) groups is 1. The third-order valence-corrected chi connectivity index (χ3v) is 2.78. The van der Waals surface area contributed by atoms with E-state index >= 15 is 0 Å². The van der Waals surface area contributed by atoms with Crippen molar-refractivity contribution in [1.29, 1.82) is 0 Å². The molecule has 2 aromatic heterocycles. The van der Waals surface area contributed by atoms with Crippen LogP contribution in [0, 0.1) is 0 Å². The van der Waals surface area contributed by atoms with Crippen LogP contribution in [0.25, 0.3) is 0 Å². The first-order valence-corrected chi connectivity index (χ1v) is 5.98. The molecule has 7 nitrogen and oxygen atoms in total. The Labute approximate surface area is 102 Å². The number of hydrogen-bond acceptors (Lipinski definition) is 6. The van der Waals surface area contributed by atoms with E-state index in [1.807, 2.05) is 0 Å². The second kappa shape index (κ2) is 5.39. The average Bonchev–Trinajstić information content (AvgIpc) is 2.96. The molecule has 8 heteroatoms. The number of hydrogen-bond donors (Lipinski definition) is 3. The Morgan fingerprint density at radius 1 is 1.53 bits per heavy atom. The van der Waals surface area contributed by atoms with Crippen LogP contribution in [0.2, 0.25) is 0 Å². The normalized spacial score (nSPS) is 10.2. The van der Waals surface area contributed by atoms with Crippen molar-refractivity contribution < 1.29 is 4.79 Å². The molecule has 0 radical (unpaired) electrons. The van der Waals surface area contributed by atoms with E-state index in [9.17, 15) is 4.79 Å². The lowest BCUT2D eigenvalue weighted by molar-refractivity contribution is 0.102. The average molecular weight is 252 g/mol. The molecular formula is C9H12N6OS. The molecule has 0 aromatic carbocycles. The predicted octanol–water partition coefficient (Wildman–Crippen LogP) is 1.34. The lowest BCUT2D eigenvalue weighted by Gasteiger charge is -1.97. The predicted molar refractivity (Wildman–Crippen MR) is 65.2 cm³/mol. The monoisotopic (exact) mass is 252 g/mol. The van der Waals surface area contributed by atoms with Gasteiger partial charge in [-0.2, -0.15) is 5.10 Å². The highest BCUT2D eigenvalue weighted by molar-refractivity contribution is 7.17. The number of rotatable bonds is 5. The summed E-state index contributed by atoms with van der Waals surface area (Å²) in [6.07, 6.45) is 4.11. The third kappa shape index (κ3) is 3.00. The molecule has 0 fully saturated rings. The summed E-state index contributed by atoms with van der Waals surface area (Å²) in [6.45, 7) is 2.87. The van der Waals surface area contributed by atoms with Gasteiger partial charge in [0, 0.05) is 12.7 Å². The van der Waals surface area contributed by atoms with Gasteiger partial charge in [-0.05, 0) is 6.42 Å². The molecule has 90 valence electrons. The van der Waals surface area contributed by atoms with Crippen molar-refractivity contribution in [2.24, 2.45) is 0 Å². The summed E-state index contributed by atoms with van der Waals surface area (Å²) in [5, 5.41) is 20.7. The van der Waals surface area contributed by atoms with E-state index in [4.69, 9.17) is 0 Å². The second-order valence-electron chi connectivity index (χ2n) is 3.28. The summed E-state index contributed by atoms with van der Waals surface area (Å²) in [5.41, 5.74) is 0.605. The molecule has 17 heavy (non-hydrogen) atoms. The smallest absolute Gasteiger partial charge is 0.286 e. The molecule has 0 saturated heterocycles. The van der Waals surface area contributed by atoms with Gasteiger partial charge in [0.25, 0.3) is 5.91 Å². The van der Waals surface area contributed by atoms with E-state index in [2.05, 4.69) is 38.0 Å². The molecule has 0 aliphatic heterocycles. The van der Waals surface area contributed by atoms with Gasteiger partial charge in [0.1, 0.15) is 0 Å². The highest BCUT2D eigenvalue weighted by Crippen LogP contribution is 2.16. The van der Waals surface area contributed by atoms with Crippen molar-refractivity contribution in [1.82, 2.24) is 20.4 Å². The largest absolute Gasteiger partial charge is 0.360 e. The summed E-state index contributed by atoms with van der Waals surface area (Å²) in [6, 6.07) is 0. The standard InChI is InChI=1S/C9H12N6OS/c1-2-3-10-9-15-14-8(17-9)7(16)13-6-4-11-12-5-6/h4-5H,2-3H2,1H3,(H,10,15)(H,11,12)(H,13,16). The first-order valence-electron chi connectivity index (χ1n) is 5.17. The fraction of sp³-hybridized carbons (Fsp3) is 0.333. The van der Waals surface area contributed by atoms with Gasteiger partial charge in [0.2, 0.25) is 10.1 Å². The first kappa shape index (κ1) is 11.5. The van der Waals surface area contributed by atoms with Crippen molar-refractivity contribution in [2.45, 2.75) is 13.3 Å². The van der Waals surface area contributed by atoms with Crippen LogP contribution in [-0.2, 0) is 0 Å². The van der Waals surface area contributed by atoms with Gasteiger partial charge in [-0.1, -0.05) is 18.3 Å². The maximum absolute atomic E-state index is 11.7. The molecule has 0 spiro atoms. The molecule has 0 aliphatic rings. The molecule has 0 unspecified atom stereocenters. The Bertz CT molecular complexity index is 479. The number of amides is 1. The van der Waals surface area contributed by atoms with Crippen LogP contribution in [0.5, 0.6) is 0 Å². The molecule has 2 heterocycles. The van der Waals surface area contributed by atoms with Crippen LogP contribution in [0.15, 0.2) is 12.4 Å².